The van der Waals surface area contributed by atoms with E-state index in [4.69, 9.17) is 0 Å². The second kappa shape index (κ2) is 6.01. The highest BCUT2D eigenvalue weighted by molar-refractivity contribution is 5.89. The number of amides is 1. The van der Waals surface area contributed by atoms with E-state index in [9.17, 15) is 9.18 Å². The molecule has 0 saturated heterocycles. The molecule has 2 N–H and O–H groups in total. The maximum Gasteiger partial charge on any atom is 0.221 e. The predicted octanol–water partition coefficient (Wildman–Crippen LogP) is 2.42. The molecule has 0 fully saturated rings. The Bertz CT molecular complexity index is 328. The second-order valence-corrected chi connectivity index (χ2v) is 3.23. The smallest absolute Gasteiger partial charge is 0.221 e. The number of carbonyl (C=O) groups excluding carboxylic acids is 1. The number of hydrogen-bond donors (Lipinski definition) is 2. The Morgan fingerprint density at radius 2 is 2.13 bits per heavy atom. The molecule has 0 unspecified atom stereocenters. The van der Waals surface area contributed by atoms with Crippen molar-refractivity contribution in [3.63, 3.8) is 0 Å². The maximum absolute atomic E-state index is 11.9. The van der Waals surface area contributed by atoms with Crippen molar-refractivity contribution in [1.82, 2.24) is 0 Å². The lowest BCUT2D eigenvalue weighted by molar-refractivity contribution is -0.114. The van der Waals surface area contributed by atoms with Crippen LogP contribution in [0.5, 0.6) is 0 Å². The van der Waals surface area contributed by atoms with Gasteiger partial charge in [-0.15, -0.1) is 0 Å². The average molecular weight is 210 g/mol. The van der Waals surface area contributed by atoms with Crippen LogP contribution in [0.25, 0.3) is 0 Å². The van der Waals surface area contributed by atoms with Crippen LogP contribution in [-0.4, -0.2) is 19.1 Å². The van der Waals surface area contributed by atoms with E-state index < -0.39 is 0 Å². The monoisotopic (exact) mass is 210 g/mol. The summed E-state index contributed by atoms with van der Waals surface area (Å²) in [7, 11) is 0. The quantitative estimate of drug-likeness (QED) is 0.733. The van der Waals surface area contributed by atoms with Crippen LogP contribution in [0.3, 0.4) is 0 Å². The molecule has 0 saturated carbocycles. The van der Waals surface area contributed by atoms with Gasteiger partial charge in [0.1, 0.15) is 0 Å². The van der Waals surface area contributed by atoms with Gasteiger partial charge in [0.2, 0.25) is 5.91 Å². The topological polar surface area (TPSA) is 41.1 Å². The molecular weight excluding hydrogens is 195 g/mol. The molecule has 0 aliphatic carbocycles. The number of nitrogens with one attached hydrogen (secondary N) is 2. The molecule has 1 rings (SSSR count). The summed E-state index contributed by atoms with van der Waals surface area (Å²) in [6, 6.07) is 7.34. The molecule has 1 amide bonds. The summed E-state index contributed by atoms with van der Waals surface area (Å²) >= 11 is 0. The van der Waals surface area contributed by atoms with E-state index in [1.165, 1.54) is 6.92 Å². The van der Waals surface area contributed by atoms with Crippen molar-refractivity contribution < 1.29 is 9.18 Å². The summed E-state index contributed by atoms with van der Waals surface area (Å²) < 4.78 is 11.9. The summed E-state index contributed by atoms with van der Waals surface area (Å²) in [4.78, 5) is 10.8. The van der Waals surface area contributed by atoms with Crippen LogP contribution < -0.4 is 10.6 Å². The van der Waals surface area contributed by atoms with Crippen molar-refractivity contribution >= 4 is 17.3 Å². The van der Waals surface area contributed by atoms with E-state index in [1.807, 2.05) is 24.3 Å². The molecule has 0 aliphatic heterocycles. The third kappa shape index (κ3) is 4.44. The number of carbonyl (C=O) groups is 1. The molecule has 0 spiro atoms. The average Bonchev–Trinajstić information content (AvgIpc) is 2.18. The summed E-state index contributed by atoms with van der Waals surface area (Å²) in [6.45, 7) is 1.74. The highest BCUT2D eigenvalue weighted by Crippen LogP contribution is 2.14. The third-order valence-electron chi connectivity index (χ3n) is 1.82. The van der Waals surface area contributed by atoms with Crippen LogP contribution in [0.4, 0.5) is 15.8 Å². The van der Waals surface area contributed by atoms with Crippen LogP contribution in [0, 0.1) is 0 Å². The Hall–Kier alpha value is -1.58. The highest BCUT2D eigenvalue weighted by atomic mass is 19.1. The minimum atomic E-state index is -0.321. The molecule has 0 aliphatic rings. The van der Waals surface area contributed by atoms with Gasteiger partial charge in [-0.3, -0.25) is 9.18 Å². The Morgan fingerprint density at radius 1 is 1.40 bits per heavy atom. The molecule has 82 valence electrons. The Labute approximate surface area is 88.7 Å². The van der Waals surface area contributed by atoms with Gasteiger partial charge < -0.3 is 10.6 Å². The van der Waals surface area contributed by atoms with Gasteiger partial charge in [0.05, 0.1) is 6.67 Å². The SMILES string of the molecule is CC(=O)Nc1cccc(NCCCF)c1. The van der Waals surface area contributed by atoms with Crippen LogP contribution >= 0.6 is 0 Å². The van der Waals surface area contributed by atoms with Crippen LogP contribution in [-0.2, 0) is 4.79 Å². The first-order valence-corrected chi connectivity index (χ1v) is 4.90. The van der Waals surface area contributed by atoms with Gasteiger partial charge in [0.25, 0.3) is 0 Å². The first-order valence-electron chi connectivity index (χ1n) is 4.90. The van der Waals surface area contributed by atoms with Crippen molar-refractivity contribution in [2.45, 2.75) is 13.3 Å². The van der Waals surface area contributed by atoms with Crippen molar-refractivity contribution in [2.24, 2.45) is 0 Å². The van der Waals surface area contributed by atoms with Gasteiger partial charge in [-0.05, 0) is 24.6 Å². The van der Waals surface area contributed by atoms with Crippen molar-refractivity contribution in [2.75, 3.05) is 23.9 Å². The van der Waals surface area contributed by atoms with Gasteiger partial charge in [-0.1, -0.05) is 6.07 Å². The molecule has 0 heterocycles. The maximum atomic E-state index is 11.9. The van der Waals surface area contributed by atoms with Crippen LogP contribution in [0.1, 0.15) is 13.3 Å². The lowest BCUT2D eigenvalue weighted by Crippen LogP contribution is -2.07. The summed E-state index contributed by atoms with van der Waals surface area (Å²) in [5.41, 5.74) is 1.63. The number of halogens is 1. The van der Waals surface area contributed by atoms with Gasteiger partial charge in [0, 0.05) is 24.8 Å². The fourth-order valence-electron chi connectivity index (χ4n) is 1.21. The molecule has 0 atom stereocenters. The zero-order valence-electron chi connectivity index (χ0n) is 8.72. The molecular formula is C11H15FN2O. The van der Waals surface area contributed by atoms with Crippen molar-refractivity contribution in [3.8, 4) is 0 Å². The van der Waals surface area contributed by atoms with Crippen LogP contribution in [0.15, 0.2) is 24.3 Å². The summed E-state index contributed by atoms with van der Waals surface area (Å²) in [6.07, 6.45) is 0.490. The lowest BCUT2D eigenvalue weighted by Gasteiger charge is -2.07. The largest absolute Gasteiger partial charge is 0.385 e. The number of hydrogen-bond acceptors (Lipinski definition) is 2. The third-order valence-corrected chi connectivity index (χ3v) is 1.82. The molecule has 0 aromatic heterocycles. The van der Waals surface area contributed by atoms with Crippen molar-refractivity contribution in [3.05, 3.63) is 24.3 Å². The number of alkyl halides is 1. The zero-order valence-corrected chi connectivity index (χ0v) is 8.72. The molecule has 15 heavy (non-hydrogen) atoms. The second-order valence-electron chi connectivity index (χ2n) is 3.23. The first-order chi connectivity index (χ1) is 7.22. The van der Waals surface area contributed by atoms with Crippen molar-refractivity contribution in [1.29, 1.82) is 0 Å². The fourth-order valence-corrected chi connectivity index (χ4v) is 1.21. The van der Waals surface area contributed by atoms with E-state index in [2.05, 4.69) is 10.6 Å². The van der Waals surface area contributed by atoms with E-state index in [-0.39, 0.29) is 12.6 Å². The van der Waals surface area contributed by atoms with Gasteiger partial charge >= 0.3 is 0 Å². The van der Waals surface area contributed by atoms with E-state index in [0.29, 0.717) is 13.0 Å². The van der Waals surface area contributed by atoms with Crippen LogP contribution in [0.2, 0.25) is 0 Å². The van der Waals surface area contributed by atoms with Gasteiger partial charge in [-0.2, -0.15) is 0 Å². The molecule has 4 heteroatoms. The first kappa shape index (κ1) is 11.5. The zero-order chi connectivity index (χ0) is 11.1. The van der Waals surface area contributed by atoms with E-state index >= 15 is 0 Å². The van der Waals surface area contributed by atoms with E-state index in [1.54, 1.807) is 0 Å². The minimum absolute atomic E-state index is 0.101. The van der Waals surface area contributed by atoms with Gasteiger partial charge in [-0.25, -0.2) is 0 Å². The Balaban J connectivity index is 2.53. The summed E-state index contributed by atoms with van der Waals surface area (Å²) in [5.74, 6) is -0.101. The Morgan fingerprint density at radius 3 is 2.80 bits per heavy atom. The lowest BCUT2D eigenvalue weighted by atomic mass is 10.2. The number of rotatable bonds is 5. The molecule has 1 aromatic carbocycles. The van der Waals surface area contributed by atoms with Gasteiger partial charge in [0.15, 0.2) is 0 Å². The normalized spacial score (nSPS) is 9.73. The Kier molecular flexibility index (Phi) is 4.60. The molecule has 1 aromatic rings. The number of anilines is 2. The summed E-state index contributed by atoms with van der Waals surface area (Å²) in [5, 5.41) is 5.75. The predicted molar refractivity (Wildman–Crippen MR) is 59.8 cm³/mol. The minimum Gasteiger partial charge on any atom is -0.385 e. The molecule has 0 radical (unpaired) electrons. The molecule has 3 nitrogen and oxygen atoms in total. The number of benzene rings is 1. The standard InChI is InChI=1S/C11H15FN2O/c1-9(15)14-11-5-2-4-10(8-11)13-7-3-6-12/h2,4-5,8,13H,3,6-7H2,1H3,(H,14,15). The fraction of sp³-hybridized carbons (Fsp3) is 0.364. The molecule has 0 bridgehead atoms. The highest BCUT2D eigenvalue weighted by Gasteiger charge is 1.96. The van der Waals surface area contributed by atoms with E-state index in [0.717, 1.165) is 11.4 Å².